The van der Waals surface area contributed by atoms with Crippen molar-refractivity contribution >= 4 is 11.8 Å². The number of hydrogen-bond donors (Lipinski definition) is 0. The molecule has 0 aliphatic carbocycles. The highest BCUT2D eigenvalue weighted by atomic mass is 32.2. The Kier molecular flexibility index (Phi) is 4.44. The molecule has 0 amide bonds. The van der Waals surface area contributed by atoms with Crippen LogP contribution in [0.25, 0.3) is 0 Å². The van der Waals surface area contributed by atoms with Crippen LogP contribution in [0.4, 0.5) is 0 Å². The van der Waals surface area contributed by atoms with Gasteiger partial charge in [-0.3, -0.25) is 0 Å². The van der Waals surface area contributed by atoms with E-state index in [1.807, 2.05) is 11.8 Å². The number of hydrogen-bond acceptors (Lipinski definition) is 2. The molecule has 2 heteroatoms. The lowest BCUT2D eigenvalue weighted by Gasteiger charge is -2.30. The number of thioether (sulfide) groups is 1. The van der Waals surface area contributed by atoms with Crippen LogP contribution in [0.15, 0.2) is 0 Å². The molecule has 1 heterocycles. The van der Waals surface area contributed by atoms with Crippen molar-refractivity contribution in [2.75, 3.05) is 18.6 Å². The van der Waals surface area contributed by atoms with E-state index in [2.05, 4.69) is 20.1 Å². The zero-order valence-electron chi connectivity index (χ0n) is 8.38. The maximum absolute atomic E-state index is 5.79. The second-order valence-corrected chi connectivity index (χ2v) is 4.90. The topological polar surface area (TPSA) is 9.23 Å². The first-order valence-electron chi connectivity index (χ1n) is 4.84. The predicted molar refractivity (Wildman–Crippen MR) is 55.7 cm³/mol. The van der Waals surface area contributed by atoms with Gasteiger partial charge in [-0.15, -0.1) is 0 Å². The third kappa shape index (κ3) is 2.98. The van der Waals surface area contributed by atoms with Crippen LogP contribution in [0.2, 0.25) is 0 Å². The van der Waals surface area contributed by atoms with Crippen molar-refractivity contribution < 1.29 is 4.74 Å². The fourth-order valence-corrected chi connectivity index (χ4v) is 2.46. The van der Waals surface area contributed by atoms with Crippen molar-refractivity contribution in [2.24, 2.45) is 11.8 Å². The molecule has 0 aromatic carbocycles. The van der Waals surface area contributed by atoms with E-state index >= 15 is 0 Å². The van der Waals surface area contributed by atoms with Gasteiger partial charge in [0, 0.05) is 6.61 Å². The Morgan fingerprint density at radius 2 is 2.25 bits per heavy atom. The second-order valence-electron chi connectivity index (χ2n) is 3.99. The minimum Gasteiger partial charge on any atom is -0.378 e. The van der Waals surface area contributed by atoms with Gasteiger partial charge in [-0.2, -0.15) is 11.8 Å². The molecular weight excluding hydrogens is 168 g/mol. The van der Waals surface area contributed by atoms with Gasteiger partial charge < -0.3 is 4.74 Å². The van der Waals surface area contributed by atoms with E-state index < -0.39 is 0 Å². The molecule has 1 aliphatic heterocycles. The van der Waals surface area contributed by atoms with Gasteiger partial charge in [0.05, 0.1) is 6.10 Å². The van der Waals surface area contributed by atoms with Crippen molar-refractivity contribution in [1.29, 1.82) is 0 Å². The molecule has 0 aromatic rings. The first kappa shape index (κ1) is 10.4. The van der Waals surface area contributed by atoms with E-state index in [0.29, 0.717) is 6.10 Å². The number of rotatable bonds is 3. The zero-order valence-corrected chi connectivity index (χ0v) is 9.19. The molecule has 1 fully saturated rings. The fourth-order valence-electron chi connectivity index (χ4n) is 1.72. The Balaban J connectivity index is 2.24. The SMILES string of the molecule is CSCC(C)C1CC[C@@H](C)CO1. The molecule has 12 heavy (non-hydrogen) atoms. The average Bonchev–Trinajstić information content (AvgIpc) is 2.06. The monoisotopic (exact) mass is 188 g/mol. The van der Waals surface area contributed by atoms with Crippen LogP contribution < -0.4 is 0 Å². The van der Waals surface area contributed by atoms with Crippen LogP contribution in [0, 0.1) is 11.8 Å². The molecule has 2 unspecified atom stereocenters. The molecule has 0 N–H and O–H groups in total. The number of ether oxygens (including phenoxy) is 1. The van der Waals surface area contributed by atoms with Crippen molar-refractivity contribution in [3.63, 3.8) is 0 Å². The molecule has 0 bridgehead atoms. The van der Waals surface area contributed by atoms with Gasteiger partial charge in [0.25, 0.3) is 0 Å². The summed E-state index contributed by atoms with van der Waals surface area (Å²) in [4.78, 5) is 0. The normalized spacial score (nSPS) is 33.2. The Morgan fingerprint density at radius 3 is 2.75 bits per heavy atom. The molecule has 0 aromatic heterocycles. The van der Waals surface area contributed by atoms with Crippen LogP contribution in [-0.4, -0.2) is 24.7 Å². The van der Waals surface area contributed by atoms with Crippen LogP contribution in [-0.2, 0) is 4.74 Å². The lowest BCUT2D eigenvalue weighted by Crippen LogP contribution is -2.30. The van der Waals surface area contributed by atoms with Crippen molar-refractivity contribution in [3.05, 3.63) is 0 Å². The Bertz CT molecular complexity index is 119. The molecule has 72 valence electrons. The van der Waals surface area contributed by atoms with Crippen LogP contribution in [0.3, 0.4) is 0 Å². The third-order valence-electron chi connectivity index (χ3n) is 2.60. The summed E-state index contributed by atoms with van der Waals surface area (Å²) in [7, 11) is 0. The van der Waals surface area contributed by atoms with Gasteiger partial charge in [-0.1, -0.05) is 13.8 Å². The summed E-state index contributed by atoms with van der Waals surface area (Å²) < 4.78 is 5.79. The van der Waals surface area contributed by atoms with Gasteiger partial charge in [0.2, 0.25) is 0 Å². The molecule has 3 atom stereocenters. The highest BCUT2D eigenvalue weighted by molar-refractivity contribution is 7.98. The van der Waals surface area contributed by atoms with E-state index in [1.54, 1.807) is 0 Å². The standard InChI is InChI=1S/C10H20OS/c1-8-4-5-10(11-6-8)9(2)7-12-3/h8-10H,4-7H2,1-3H3/t8-,9?,10?/m1/s1. The molecule has 0 spiro atoms. The van der Waals surface area contributed by atoms with E-state index in [9.17, 15) is 0 Å². The molecule has 1 rings (SSSR count). The maximum Gasteiger partial charge on any atom is 0.0608 e. The Hall–Kier alpha value is 0.310. The Labute approximate surface area is 80.3 Å². The van der Waals surface area contributed by atoms with E-state index in [4.69, 9.17) is 4.74 Å². The lowest BCUT2D eigenvalue weighted by atomic mass is 9.94. The van der Waals surface area contributed by atoms with Gasteiger partial charge >= 0.3 is 0 Å². The average molecular weight is 188 g/mol. The molecule has 0 radical (unpaired) electrons. The summed E-state index contributed by atoms with van der Waals surface area (Å²) in [5.41, 5.74) is 0. The smallest absolute Gasteiger partial charge is 0.0608 e. The first-order chi connectivity index (χ1) is 5.74. The van der Waals surface area contributed by atoms with Crippen LogP contribution in [0.1, 0.15) is 26.7 Å². The predicted octanol–water partition coefficient (Wildman–Crippen LogP) is 2.80. The summed E-state index contributed by atoms with van der Waals surface area (Å²) >= 11 is 1.92. The quantitative estimate of drug-likeness (QED) is 0.673. The minimum absolute atomic E-state index is 0.536. The summed E-state index contributed by atoms with van der Waals surface area (Å²) in [5.74, 6) is 2.74. The zero-order chi connectivity index (χ0) is 8.97. The summed E-state index contributed by atoms with van der Waals surface area (Å²) in [5, 5.41) is 0. The summed E-state index contributed by atoms with van der Waals surface area (Å²) in [6.45, 7) is 5.55. The Morgan fingerprint density at radius 1 is 1.50 bits per heavy atom. The van der Waals surface area contributed by atoms with Crippen molar-refractivity contribution in [1.82, 2.24) is 0 Å². The van der Waals surface area contributed by atoms with Gasteiger partial charge in [-0.05, 0) is 36.7 Å². The summed E-state index contributed by atoms with van der Waals surface area (Å²) in [6, 6.07) is 0. The second kappa shape index (κ2) is 5.13. The van der Waals surface area contributed by atoms with Gasteiger partial charge in [-0.25, -0.2) is 0 Å². The fraction of sp³-hybridized carbons (Fsp3) is 1.00. The highest BCUT2D eigenvalue weighted by Crippen LogP contribution is 2.24. The van der Waals surface area contributed by atoms with E-state index in [-0.39, 0.29) is 0 Å². The summed E-state index contributed by atoms with van der Waals surface area (Å²) in [6.07, 6.45) is 5.32. The molecular formula is C10H20OS. The molecule has 1 nitrogen and oxygen atoms in total. The first-order valence-corrected chi connectivity index (χ1v) is 6.24. The van der Waals surface area contributed by atoms with E-state index in [0.717, 1.165) is 18.4 Å². The van der Waals surface area contributed by atoms with Crippen molar-refractivity contribution in [3.8, 4) is 0 Å². The van der Waals surface area contributed by atoms with Crippen LogP contribution >= 0.6 is 11.8 Å². The molecule has 0 saturated carbocycles. The van der Waals surface area contributed by atoms with Crippen molar-refractivity contribution in [2.45, 2.75) is 32.8 Å². The largest absolute Gasteiger partial charge is 0.378 e. The molecule has 1 saturated heterocycles. The van der Waals surface area contributed by atoms with Gasteiger partial charge in [0.1, 0.15) is 0 Å². The molecule has 1 aliphatic rings. The lowest BCUT2D eigenvalue weighted by molar-refractivity contribution is -0.0341. The van der Waals surface area contributed by atoms with Gasteiger partial charge in [0.15, 0.2) is 0 Å². The minimum atomic E-state index is 0.536. The van der Waals surface area contributed by atoms with Crippen LogP contribution in [0.5, 0.6) is 0 Å². The van der Waals surface area contributed by atoms with E-state index in [1.165, 1.54) is 18.6 Å². The third-order valence-corrected chi connectivity index (χ3v) is 3.46. The highest BCUT2D eigenvalue weighted by Gasteiger charge is 2.23. The maximum atomic E-state index is 5.79.